The third kappa shape index (κ3) is 5.51. The Morgan fingerprint density at radius 1 is 0.328 bits per heavy atom. The van der Waals surface area contributed by atoms with Crippen LogP contribution in [0.15, 0.2) is 243 Å². The van der Waals surface area contributed by atoms with E-state index in [1.165, 1.54) is 87.2 Å². The van der Waals surface area contributed by atoms with Gasteiger partial charge in [-0.2, -0.15) is 0 Å². The molecule has 1 spiro atoms. The van der Waals surface area contributed by atoms with Gasteiger partial charge in [0.1, 0.15) is 0 Å². The number of para-hydroxylation sites is 3. The minimum absolute atomic E-state index is 0.506. The van der Waals surface area contributed by atoms with Gasteiger partial charge in [0, 0.05) is 42.9 Å². The highest BCUT2D eigenvalue weighted by atomic mass is 32.1. The van der Waals surface area contributed by atoms with E-state index in [0.717, 1.165) is 22.7 Å². The molecule has 1 aliphatic carbocycles. The second-order valence-electron chi connectivity index (χ2n) is 16.8. The second kappa shape index (κ2) is 14.6. The number of fused-ring (bicyclic) bond motifs is 12. The number of thiophene rings is 1. The first-order chi connectivity index (χ1) is 31.7. The molecule has 1 aliphatic heterocycles. The molecule has 0 unspecified atom stereocenters. The van der Waals surface area contributed by atoms with E-state index in [1.807, 2.05) is 11.3 Å². The molecular formula is C61H40N2S. The zero-order chi connectivity index (χ0) is 42.2. The van der Waals surface area contributed by atoms with Crippen molar-refractivity contribution in [2.75, 3.05) is 9.80 Å². The monoisotopic (exact) mass is 832 g/mol. The third-order valence-corrected chi connectivity index (χ3v) is 14.6. The molecule has 64 heavy (non-hydrogen) atoms. The van der Waals surface area contributed by atoms with Crippen molar-refractivity contribution in [3.05, 3.63) is 265 Å². The van der Waals surface area contributed by atoms with E-state index in [-0.39, 0.29) is 0 Å². The van der Waals surface area contributed by atoms with Crippen LogP contribution in [0.1, 0.15) is 22.3 Å². The number of nitrogens with zero attached hydrogens (tertiary/aromatic N) is 2. The highest BCUT2D eigenvalue weighted by Gasteiger charge is 2.51. The van der Waals surface area contributed by atoms with Gasteiger partial charge in [-0.25, -0.2) is 0 Å². The van der Waals surface area contributed by atoms with Crippen LogP contribution in [0.5, 0.6) is 0 Å². The van der Waals surface area contributed by atoms with Crippen molar-refractivity contribution < 1.29 is 0 Å². The molecule has 0 radical (unpaired) electrons. The van der Waals surface area contributed by atoms with Gasteiger partial charge < -0.3 is 9.80 Å². The van der Waals surface area contributed by atoms with E-state index in [0.29, 0.717) is 0 Å². The Bertz CT molecular complexity index is 3510. The zero-order valence-electron chi connectivity index (χ0n) is 34.9. The van der Waals surface area contributed by atoms with Crippen LogP contribution in [-0.2, 0) is 5.41 Å². The average molecular weight is 833 g/mol. The van der Waals surface area contributed by atoms with Crippen LogP contribution < -0.4 is 9.80 Å². The second-order valence-corrected chi connectivity index (χ2v) is 17.9. The van der Waals surface area contributed by atoms with Crippen LogP contribution in [0.3, 0.4) is 0 Å². The standard InChI is InChI=1S/C61H40N2S/c1-3-15-41(16-4-1)42-27-32-46(33-28-42)62(48-36-38-60-52(40-48)51-20-8-14-26-59(51)64-60)47-34-29-43(30-35-47)44-31-37-50-49-19-7-9-21-53(49)61(56(50)39-44)54-22-10-12-24-57(54)63(45-17-5-2-6-18-45)58-25-13-11-23-55(58)61/h1-40H. The molecule has 2 nitrogen and oxygen atoms in total. The number of rotatable bonds is 6. The minimum Gasteiger partial charge on any atom is -0.310 e. The molecule has 13 rings (SSSR count). The molecule has 0 bridgehead atoms. The summed E-state index contributed by atoms with van der Waals surface area (Å²) in [6, 6.07) is 89.5. The Balaban J connectivity index is 0.953. The van der Waals surface area contributed by atoms with Gasteiger partial charge in [-0.3, -0.25) is 0 Å². The minimum atomic E-state index is -0.506. The van der Waals surface area contributed by atoms with Gasteiger partial charge in [-0.15, -0.1) is 11.3 Å². The first kappa shape index (κ1) is 36.7. The Labute approximate surface area is 377 Å². The molecule has 0 amide bonds. The number of benzene rings is 10. The van der Waals surface area contributed by atoms with Crippen molar-refractivity contribution in [2.24, 2.45) is 0 Å². The highest BCUT2D eigenvalue weighted by molar-refractivity contribution is 7.25. The van der Waals surface area contributed by atoms with Gasteiger partial charge in [0.15, 0.2) is 0 Å². The van der Waals surface area contributed by atoms with Crippen molar-refractivity contribution >= 4 is 65.6 Å². The maximum absolute atomic E-state index is 2.48. The quantitative estimate of drug-likeness (QED) is 0.165. The van der Waals surface area contributed by atoms with Crippen molar-refractivity contribution in [3.8, 4) is 33.4 Å². The van der Waals surface area contributed by atoms with Gasteiger partial charge >= 0.3 is 0 Å². The molecule has 11 aromatic rings. The fourth-order valence-corrected chi connectivity index (χ4v) is 11.8. The molecule has 0 saturated heterocycles. The van der Waals surface area contributed by atoms with E-state index >= 15 is 0 Å². The summed E-state index contributed by atoms with van der Waals surface area (Å²) in [6.07, 6.45) is 0. The lowest BCUT2D eigenvalue weighted by atomic mass is 9.64. The molecule has 10 aromatic carbocycles. The fraction of sp³-hybridized carbons (Fsp3) is 0.0164. The Hall–Kier alpha value is -7.98. The normalized spacial score (nSPS) is 13.1. The van der Waals surface area contributed by atoms with E-state index in [2.05, 4.69) is 252 Å². The summed E-state index contributed by atoms with van der Waals surface area (Å²) in [6.45, 7) is 0. The summed E-state index contributed by atoms with van der Waals surface area (Å²) in [5.74, 6) is 0. The topological polar surface area (TPSA) is 6.48 Å². The fourth-order valence-electron chi connectivity index (χ4n) is 10.7. The molecule has 300 valence electrons. The predicted molar refractivity (Wildman–Crippen MR) is 270 cm³/mol. The molecule has 0 N–H and O–H groups in total. The van der Waals surface area contributed by atoms with Crippen LogP contribution in [0.4, 0.5) is 34.1 Å². The summed E-state index contributed by atoms with van der Waals surface area (Å²) in [5.41, 5.74) is 19.0. The average Bonchev–Trinajstić information content (AvgIpc) is 3.88. The lowest BCUT2D eigenvalue weighted by Gasteiger charge is -2.45. The van der Waals surface area contributed by atoms with E-state index in [4.69, 9.17) is 0 Å². The first-order valence-corrected chi connectivity index (χ1v) is 22.8. The summed E-state index contributed by atoms with van der Waals surface area (Å²) in [7, 11) is 0. The Morgan fingerprint density at radius 2 is 0.828 bits per heavy atom. The number of hydrogen-bond acceptors (Lipinski definition) is 3. The number of hydrogen-bond donors (Lipinski definition) is 0. The summed E-state index contributed by atoms with van der Waals surface area (Å²) in [4.78, 5) is 4.84. The van der Waals surface area contributed by atoms with E-state index in [9.17, 15) is 0 Å². The Kier molecular flexibility index (Phi) is 8.34. The molecule has 1 aromatic heterocycles. The van der Waals surface area contributed by atoms with E-state index < -0.39 is 5.41 Å². The maximum atomic E-state index is 2.48. The molecule has 0 fully saturated rings. The van der Waals surface area contributed by atoms with Crippen LogP contribution in [0.25, 0.3) is 53.6 Å². The van der Waals surface area contributed by atoms with Gasteiger partial charge in [-0.1, -0.05) is 164 Å². The molecule has 2 heterocycles. The smallest absolute Gasteiger partial charge is 0.0754 e. The molecule has 0 saturated carbocycles. The van der Waals surface area contributed by atoms with Gasteiger partial charge in [0.2, 0.25) is 0 Å². The Morgan fingerprint density at radius 3 is 1.53 bits per heavy atom. The highest BCUT2D eigenvalue weighted by Crippen LogP contribution is 2.63. The van der Waals surface area contributed by atoms with Crippen LogP contribution in [0, 0.1) is 0 Å². The molecule has 0 atom stereocenters. The lowest BCUT2D eigenvalue weighted by molar-refractivity contribution is 0.753. The predicted octanol–water partition coefficient (Wildman–Crippen LogP) is 17.0. The SMILES string of the molecule is c1ccc(-c2ccc(N(c3ccc(-c4ccc5c(c4)C4(c6ccccc6-5)c5ccccc5N(c5ccccc5)c5ccccc54)cc3)c3ccc4sc5ccccc5c4c3)cc2)cc1. The van der Waals surface area contributed by atoms with Crippen LogP contribution in [0.2, 0.25) is 0 Å². The maximum Gasteiger partial charge on any atom is 0.0754 e. The summed E-state index contributed by atoms with van der Waals surface area (Å²) >= 11 is 1.86. The summed E-state index contributed by atoms with van der Waals surface area (Å²) < 4.78 is 2.61. The van der Waals surface area contributed by atoms with E-state index in [1.54, 1.807) is 0 Å². The van der Waals surface area contributed by atoms with Crippen molar-refractivity contribution in [1.82, 2.24) is 0 Å². The van der Waals surface area contributed by atoms with Gasteiger partial charge in [0.05, 0.1) is 16.8 Å². The van der Waals surface area contributed by atoms with Crippen LogP contribution in [-0.4, -0.2) is 0 Å². The van der Waals surface area contributed by atoms with Gasteiger partial charge in [0.25, 0.3) is 0 Å². The summed E-state index contributed by atoms with van der Waals surface area (Å²) in [5, 5.41) is 2.58. The molecule has 3 heteroatoms. The largest absolute Gasteiger partial charge is 0.310 e. The van der Waals surface area contributed by atoms with Gasteiger partial charge in [-0.05, 0) is 134 Å². The first-order valence-electron chi connectivity index (χ1n) is 22.0. The van der Waals surface area contributed by atoms with Crippen molar-refractivity contribution in [2.45, 2.75) is 5.41 Å². The number of anilines is 6. The third-order valence-electron chi connectivity index (χ3n) is 13.5. The zero-order valence-corrected chi connectivity index (χ0v) is 35.7. The lowest BCUT2D eigenvalue weighted by Crippen LogP contribution is -2.36. The molecular weight excluding hydrogens is 793 g/mol. The molecule has 2 aliphatic rings. The van der Waals surface area contributed by atoms with Crippen molar-refractivity contribution in [1.29, 1.82) is 0 Å². The van der Waals surface area contributed by atoms with Crippen molar-refractivity contribution in [3.63, 3.8) is 0 Å². The van der Waals surface area contributed by atoms with Crippen LogP contribution >= 0.6 is 11.3 Å².